The average Bonchev–Trinajstić information content (AvgIpc) is 3.66. The van der Waals surface area contributed by atoms with Gasteiger partial charge in [0.05, 0.1) is 23.3 Å². The molecule has 0 bridgehead atoms. The molecule has 3 aliphatic heterocycles. The first-order valence-corrected chi connectivity index (χ1v) is 19.3. The summed E-state index contributed by atoms with van der Waals surface area (Å²) in [4.78, 5) is 65.3. The van der Waals surface area contributed by atoms with E-state index in [-0.39, 0.29) is 42.3 Å². The quantitative estimate of drug-likeness (QED) is 0.111. The summed E-state index contributed by atoms with van der Waals surface area (Å²) < 4.78 is 23.9. The fourth-order valence-corrected chi connectivity index (χ4v) is 7.80. The number of nitrogens with zero attached hydrogens (tertiary/aromatic N) is 4. The fourth-order valence-electron chi connectivity index (χ4n) is 7.80. The third-order valence-electron chi connectivity index (χ3n) is 11.0. The second-order valence-corrected chi connectivity index (χ2v) is 14.8. The van der Waals surface area contributed by atoms with Crippen molar-refractivity contribution >= 4 is 51.1 Å². The number of pyridine rings is 2. The number of carbonyl (C=O) groups is 4. The molecule has 3 fully saturated rings. The van der Waals surface area contributed by atoms with Crippen molar-refractivity contribution < 1.29 is 38.1 Å². The van der Waals surface area contributed by atoms with Crippen molar-refractivity contribution in [1.29, 1.82) is 0 Å². The zero-order valence-corrected chi connectivity index (χ0v) is 30.8. The molecular weight excluding hydrogens is 716 g/mol. The van der Waals surface area contributed by atoms with Gasteiger partial charge < -0.3 is 28.8 Å². The largest absolute Gasteiger partial charge is 0.474 e. The van der Waals surface area contributed by atoms with Crippen LogP contribution in [0.1, 0.15) is 59.2 Å². The van der Waals surface area contributed by atoms with E-state index in [0.717, 1.165) is 69.2 Å². The van der Waals surface area contributed by atoms with Gasteiger partial charge in [-0.3, -0.25) is 34.4 Å². The summed E-state index contributed by atoms with van der Waals surface area (Å²) in [6.45, 7) is 3.83. The van der Waals surface area contributed by atoms with Gasteiger partial charge in [-0.05, 0) is 61.2 Å². The van der Waals surface area contributed by atoms with Gasteiger partial charge in [-0.2, -0.15) is 0 Å². The molecule has 3 aromatic heterocycles. The van der Waals surface area contributed by atoms with Gasteiger partial charge in [0, 0.05) is 116 Å². The number of ether oxygens (including phenoxy) is 4. The monoisotopic (exact) mass is 758 g/mol. The van der Waals surface area contributed by atoms with Crippen LogP contribution in [0.3, 0.4) is 0 Å². The number of amides is 4. The number of anilines is 1. The fraction of sp³-hybridized carbons (Fsp3) is 0.381. The van der Waals surface area contributed by atoms with Gasteiger partial charge in [-0.1, -0.05) is 12.1 Å². The smallest absolute Gasteiger partial charge is 0.262 e. The van der Waals surface area contributed by atoms with Crippen LogP contribution in [0.15, 0.2) is 73.2 Å². The molecule has 1 atom stereocenters. The summed E-state index contributed by atoms with van der Waals surface area (Å²) in [5.41, 5.74) is 5.64. The third kappa shape index (κ3) is 7.22. The van der Waals surface area contributed by atoms with Gasteiger partial charge in [0.15, 0.2) is 0 Å². The molecule has 56 heavy (non-hydrogen) atoms. The second-order valence-electron chi connectivity index (χ2n) is 14.8. The average molecular weight is 759 g/mol. The van der Waals surface area contributed by atoms with Crippen LogP contribution in [-0.4, -0.2) is 107 Å². The SMILES string of the molecule is O=C1CCC(N2C(=O)c3ccc(N4CC(OCCCOCCCOC5CC(Oc6ccc(-c7ccc8c(c7)[nH]c7ccncc78)cn6)C5)C4)cc3C2=O)C(=O)N1. The Bertz CT molecular complexity index is 2300. The lowest BCUT2D eigenvalue weighted by Crippen LogP contribution is -2.54. The van der Waals surface area contributed by atoms with Crippen molar-refractivity contribution in [3.05, 3.63) is 84.3 Å². The van der Waals surface area contributed by atoms with Gasteiger partial charge in [-0.15, -0.1) is 0 Å². The first-order valence-electron chi connectivity index (χ1n) is 19.3. The third-order valence-corrected chi connectivity index (χ3v) is 11.0. The van der Waals surface area contributed by atoms with Crippen molar-refractivity contribution in [2.24, 2.45) is 0 Å². The standard InChI is InChI=1S/C42H42N6O8/c49-38-9-8-37(40(50)46-38)48-41(51)32-7-5-27(18-33(32)42(48)52)47-23-30(24-47)55-16-2-14-53-13-1-15-54-28-19-29(20-28)56-39-10-4-26(21-44-39)25-3-6-31-34-22-43-12-11-35(34)45-36(31)17-25/h3-7,10-12,17-18,21-22,28-30,37,45H,1-2,8-9,13-16,19-20,23-24H2,(H,46,49,50). The molecule has 2 N–H and O–H groups in total. The molecule has 14 nitrogen and oxygen atoms in total. The van der Waals surface area contributed by atoms with Gasteiger partial charge in [0.25, 0.3) is 11.8 Å². The molecule has 14 heteroatoms. The van der Waals surface area contributed by atoms with Crippen LogP contribution in [-0.2, 0) is 23.8 Å². The highest BCUT2D eigenvalue weighted by Crippen LogP contribution is 2.34. The summed E-state index contributed by atoms with van der Waals surface area (Å²) in [5.74, 6) is -1.40. The van der Waals surface area contributed by atoms with Crippen LogP contribution in [0.4, 0.5) is 5.69 Å². The van der Waals surface area contributed by atoms with E-state index in [0.29, 0.717) is 45.4 Å². The van der Waals surface area contributed by atoms with Crippen LogP contribution < -0.4 is 15.0 Å². The van der Waals surface area contributed by atoms with Crippen LogP contribution in [0.5, 0.6) is 5.88 Å². The molecule has 2 saturated heterocycles. The maximum absolute atomic E-state index is 13.1. The molecule has 1 saturated carbocycles. The molecule has 1 unspecified atom stereocenters. The number of H-pyrrole nitrogens is 1. The zero-order chi connectivity index (χ0) is 38.2. The van der Waals surface area contributed by atoms with E-state index < -0.39 is 29.7 Å². The summed E-state index contributed by atoms with van der Waals surface area (Å²) in [7, 11) is 0. The molecule has 4 aliphatic rings. The lowest BCUT2D eigenvalue weighted by atomic mass is 9.92. The normalized spacial score (nSPS) is 21.0. The lowest BCUT2D eigenvalue weighted by Gasteiger charge is -2.40. The Morgan fingerprint density at radius 1 is 0.732 bits per heavy atom. The zero-order valence-electron chi connectivity index (χ0n) is 30.8. The topological polar surface area (TPSA) is 165 Å². The minimum atomic E-state index is -0.974. The van der Waals surface area contributed by atoms with Gasteiger partial charge in [0.2, 0.25) is 17.7 Å². The number of rotatable bonds is 15. The Kier molecular flexibility index (Phi) is 9.92. The van der Waals surface area contributed by atoms with E-state index >= 15 is 0 Å². The number of aromatic amines is 1. The van der Waals surface area contributed by atoms with Crippen molar-refractivity contribution in [3.63, 3.8) is 0 Å². The Hall–Kier alpha value is -5.70. The first kappa shape index (κ1) is 36.0. The number of piperidine rings is 1. The Balaban J connectivity index is 0.613. The summed E-state index contributed by atoms with van der Waals surface area (Å²) in [6, 6.07) is 16.5. The van der Waals surface area contributed by atoms with Crippen molar-refractivity contribution in [3.8, 4) is 17.0 Å². The number of fused-ring (bicyclic) bond motifs is 4. The Morgan fingerprint density at radius 2 is 1.52 bits per heavy atom. The number of carbonyl (C=O) groups excluding carboxylic acids is 4. The molecular formula is C42H42N6O8. The maximum Gasteiger partial charge on any atom is 0.262 e. The second kappa shape index (κ2) is 15.4. The number of benzene rings is 2. The molecule has 5 aromatic rings. The highest BCUT2D eigenvalue weighted by atomic mass is 16.5. The Labute approximate surface area is 322 Å². The summed E-state index contributed by atoms with van der Waals surface area (Å²) in [5, 5.41) is 4.49. The van der Waals surface area contributed by atoms with Crippen LogP contribution in [0.25, 0.3) is 32.9 Å². The molecule has 2 aromatic carbocycles. The number of aromatic nitrogens is 3. The molecule has 6 heterocycles. The molecule has 4 amide bonds. The van der Waals surface area contributed by atoms with Crippen molar-refractivity contribution in [1.82, 2.24) is 25.2 Å². The van der Waals surface area contributed by atoms with Gasteiger partial charge in [0.1, 0.15) is 12.1 Å². The Morgan fingerprint density at radius 3 is 2.30 bits per heavy atom. The number of hydrogen-bond acceptors (Lipinski definition) is 11. The number of imide groups is 2. The van der Waals surface area contributed by atoms with Crippen LogP contribution in [0, 0.1) is 0 Å². The molecule has 0 spiro atoms. The maximum atomic E-state index is 13.1. The van der Waals surface area contributed by atoms with E-state index in [9.17, 15) is 19.2 Å². The minimum Gasteiger partial charge on any atom is -0.474 e. The van der Waals surface area contributed by atoms with E-state index in [4.69, 9.17) is 18.9 Å². The first-order chi connectivity index (χ1) is 27.4. The van der Waals surface area contributed by atoms with Gasteiger partial charge >= 0.3 is 0 Å². The predicted octanol–water partition coefficient (Wildman–Crippen LogP) is 4.81. The van der Waals surface area contributed by atoms with Crippen molar-refractivity contribution in [2.45, 2.75) is 62.9 Å². The van der Waals surface area contributed by atoms with Crippen LogP contribution in [0.2, 0.25) is 0 Å². The highest BCUT2D eigenvalue weighted by Gasteiger charge is 2.45. The van der Waals surface area contributed by atoms with E-state index in [1.165, 1.54) is 0 Å². The van der Waals surface area contributed by atoms with Gasteiger partial charge in [-0.25, -0.2) is 4.98 Å². The number of hydrogen-bond donors (Lipinski definition) is 2. The molecule has 9 rings (SSSR count). The lowest BCUT2D eigenvalue weighted by molar-refractivity contribution is -0.136. The number of nitrogens with one attached hydrogen (secondary N) is 2. The molecule has 288 valence electrons. The van der Waals surface area contributed by atoms with Crippen molar-refractivity contribution in [2.75, 3.05) is 44.4 Å². The van der Waals surface area contributed by atoms with E-state index in [1.807, 2.05) is 36.7 Å². The molecule has 1 aliphatic carbocycles. The molecule has 0 radical (unpaired) electrons. The summed E-state index contributed by atoms with van der Waals surface area (Å²) in [6.07, 6.45) is 9.44. The van der Waals surface area contributed by atoms with E-state index in [2.05, 4.69) is 43.4 Å². The summed E-state index contributed by atoms with van der Waals surface area (Å²) >= 11 is 0. The predicted molar refractivity (Wildman–Crippen MR) is 205 cm³/mol. The van der Waals surface area contributed by atoms with E-state index in [1.54, 1.807) is 18.3 Å². The van der Waals surface area contributed by atoms with Crippen LogP contribution >= 0.6 is 0 Å². The highest BCUT2D eigenvalue weighted by molar-refractivity contribution is 6.23. The minimum absolute atomic E-state index is 0.0738.